The molecule has 1 heterocycles. The van der Waals surface area contributed by atoms with E-state index < -0.39 is 0 Å². The van der Waals surface area contributed by atoms with Crippen LogP contribution in [0, 0.1) is 6.92 Å². The quantitative estimate of drug-likeness (QED) is 0.538. The monoisotopic (exact) mass is 344 g/mol. The number of halogens is 2. The maximum Gasteiger partial charge on any atom is 0.142 e. The van der Waals surface area contributed by atoms with Gasteiger partial charge in [0.15, 0.2) is 0 Å². The Balaban J connectivity index is 1.82. The summed E-state index contributed by atoms with van der Waals surface area (Å²) in [7, 11) is 0. The van der Waals surface area contributed by atoms with E-state index in [1.807, 2.05) is 49.4 Å². The summed E-state index contributed by atoms with van der Waals surface area (Å²) in [6, 6.07) is 17.0. The molecule has 0 saturated heterocycles. The number of benzene rings is 2. The Morgan fingerprint density at radius 2 is 1.74 bits per heavy atom. The van der Waals surface area contributed by atoms with Crippen LogP contribution in [0.1, 0.15) is 11.3 Å². The molecule has 2 aromatic carbocycles. The molecule has 4 nitrogen and oxygen atoms in total. The summed E-state index contributed by atoms with van der Waals surface area (Å²) in [5.74, 6) is 0. The standard InChI is InChI=1S/C17H14Cl2N4/c1-12-16(11-20-21-14-9-7-13(18)8-10-14)17(19)23(22-12)15-5-3-2-4-6-15/h2-11,21H,1H3/b20-11-. The molecule has 0 saturated carbocycles. The highest BCUT2D eigenvalue weighted by atomic mass is 35.5. The first-order valence-corrected chi connectivity index (χ1v) is 7.76. The summed E-state index contributed by atoms with van der Waals surface area (Å²) in [6.45, 7) is 1.90. The Morgan fingerprint density at radius 3 is 2.43 bits per heavy atom. The highest BCUT2D eigenvalue weighted by Crippen LogP contribution is 2.22. The van der Waals surface area contributed by atoms with Gasteiger partial charge in [-0.25, -0.2) is 4.68 Å². The van der Waals surface area contributed by atoms with Crippen molar-refractivity contribution in [2.45, 2.75) is 6.92 Å². The fraction of sp³-hybridized carbons (Fsp3) is 0.0588. The predicted octanol–water partition coefficient (Wildman–Crippen LogP) is 4.93. The summed E-state index contributed by atoms with van der Waals surface area (Å²) < 4.78 is 1.69. The molecule has 0 aliphatic carbocycles. The molecule has 0 amide bonds. The van der Waals surface area contributed by atoms with Crippen molar-refractivity contribution in [2.24, 2.45) is 5.10 Å². The molecule has 0 bridgehead atoms. The largest absolute Gasteiger partial charge is 0.279 e. The van der Waals surface area contributed by atoms with Crippen molar-refractivity contribution in [1.29, 1.82) is 0 Å². The lowest BCUT2D eigenvalue weighted by Crippen LogP contribution is -1.96. The van der Waals surface area contributed by atoms with Gasteiger partial charge in [-0.05, 0) is 43.3 Å². The number of anilines is 1. The van der Waals surface area contributed by atoms with Crippen molar-refractivity contribution in [3.8, 4) is 5.69 Å². The van der Waals surface area contributed by atoms with E-state index >= 15 is 0 Å². The van der Waals surface area contributed by atoms with Crippen molar-refractivity contribution in [3.63, 3.8) is 0 Å². The van der Waals surface area contributed by atoms with Gasteiger partial charge in [0.2, 0.25) is 0 Å². The second-order valence-corrected chi connectivity index (χ2v) is 5.71. The minimum atomic E-state index is 0.523. The van der Waals surface area contributed by atoms with Crippen molar-refractivity contribution in [2.75, 3.05) is 5.43 Å². The Labute approximate surface area is 144 Å². The van der Waals surface area contributed by atoms with Crippen LogP contribution in [0.3, 0.4) is 0 Å². The second-order valence-electron chi connectivity index (χ2n) is 4.91. The summed E-state index contributed by atoms with van der Waals surface area (Å²) in [6.07, 6.45) is 1.67. The topological polar surface area (TPSA) is 42.2 Å². The lowest BCUT2D eigenvalue weighted by Gasteiger charge is -2.02. The average molecular weight is 345 g/mol. The van der Waals surface area contributed by atoms with E-state index in [1.54, 1.807) is 23.0 Å². The van der Waals surface area contributed by atoms with Gasteiger partial charge in [0.1, 0.15) is 5.15 Å². The van der Waals surface area contributed by atoms with Gasteiger partial charge in [-0.2, -0.15) is 10.2 Å². The summed E-state index contributed by atoms with van der Waals surface area (Å²) >= 11 is 12.3. The summed E-state index contributed by atoms with van der Waals surface area (Å²) in [5.41, 5.74) is 6.27. The van der Waals surface area contributed by atoms with E-state index in [0.717, 1.165) is 22.6 Å². The molecule has 116 valence electrons. The number of para-hydroxylation sites is 1. The van der Waals surface area contributed by atoms with Gasteiger partial charge < -0.3 is 0 Å². The lowest BCUT2D eigenvalue weighted by molar-refractivity contribution is 0.863. The van der Waals surface area contributed by atoms with E-state index in [2.05, 4.69) is 15.6 Å². The number of nitrogens with zero attached hydrogens (tertiary/aromatic N) is 3. The first-order chi connectivity index (χ1) is 11.1. The fourth-order valence-electron chi connectivity index (χ4n) is 2.09. The van der Waals surface area contributed by atoms with Crippen LogP contribution >= 0.6 is 23.2 Å². The SMILES string of the molecule is Cc1nn(-c2ccccc2)c(Cl)c1/C=N\Nc1ccc(Cl)cc1. The highest BCUT2D eigenvalue weighted by Gasteiger charge is 2.12. The van der Waals surface area contributed by atoms with Gasteiger partial charge in [0.25, 0.3) is 0 Å². The first-order valence-electron chi connectivity index (χ1n) is 7.00. The highest BCUT2D eigenvalue weighted by molar-refractivity contribution is 6.32. The van der Waals surface area contributed by atoms with Crippen molar-refractivity contribution < 1.29 is 0 Å². The smallest absolute Gasteiger partial charge is 0.142 e. The van der Waals surface area contributed by atoms with Gasteiger partial charge in [-0.1, -0.05) is 41.4 Å². The zero-order valence-corrected chi connectivity index (χ0v) is 13.9. The van der Waals surface area contributed by atoms with Gasteiger partial charge >= 0.3 is 0 Å². The first kappa shape index (κ1) is 15.6. The van der Waals surface area contributed by atoms with Gasteiger partial charge in [0, 0.05) is 5.02 Å². The molecular formula is C17H14Cl2N4. The van der Waals surface area contributed by atoms with Crippen molar-refractivity contribution in [3.05, 3.63) is 76.0 Å². The predicted molar refractivity (Wildman–Crippen MR) is 96.0 cm³/mol. The number of hydrogen-bond donors (Lipinski definition) is 1. The number of rotatable bonds is 4. The zero-order chi connectivity index (χ0) is 16.2. The van der Waals surface area contributed by atoms with Gasteiger partial charge in [-0.3, -0.25) is 5.43 Å². The number of hydrogen-bond acceptors (Lipinski definition) is 3. The molecule has 0 atom stereocenters. The molecular weight excluding hydrogens is 331 g/mol. The third-order valence-electron chi connectivity index (χ3n) is 3.28. The van der Waals surface area contributed by atoms with Crippen LogP contribution in [0.2, 0.25) is 10.2 Å². The van der Waals surface area contributed by atoms with Gasteiger partial charge in [-0.15, -0.1) is 0 Å². The molecule has 0 unspecified atom stereocenters. The average Bonchev–Trinajstić information content (AvgIpc) is 2.85. The van der Waals surface area contributed by atoms with E-state index in [4.69, 9.17) is 23.2 Å². The molecule has 3 rings (SSSR count). The number of nitrogens with one attached hydrogen (secondary N) is 1. The summed E-state index contributed by atoms with van der Waals surface area (Å²) in [4.78, 5) is 0. The van der Waals surface area contributed by atoms with Crippen LogP contribution in [0.4, 0.5) is 5.69 Å². The maximum atomic E-state index is 6.43. The van der Waals surface area contributed by atoms with Crippen molar-refractivity contribution in [1.82, 2.24) is 9.78 Å². The second kappa shape index (κ2) is 6.86. The molecule has 0 fully saturated rings. The molecule has 0 aliphatic rings. The zero-order valence-electron chi connectivity index (χ0n) is 12.4. The Bertz CT molecular complexity index is 824. The van der Waals surface area contributed by atoms with Crippen molar-refractivity contribution >= 4 is 35.1 Å². The van der Waals surface area contributed by atoms with Crippen LogP contribution in [-0.4, -0.2) is 16.0 Å². The lowest BCUT2D eigenvalue weighted by atomic mass is 10.3. The van der Waals surface area contributed by atoms with Crippen LogP contribution in [-0.2, 0) is 0 Å². The molecule has 0 radical (unpaired) electrons. The Morgan fingerprint density at radius 1 is 1.04 bits per heavy atom. The molecule has 23 heavy (non-hydrogen) atoms. The van der Waals surface area contributed by atoms with E-state index in [-0.39, 0.29) is 0 Å². The Hall–Kier alpha value is -2.30. The fourth-order valence-corrected chi connectivity index (χ4v) is 2.54. The van der Waals surface area contributed by atoms with Crippen LogP contribution in [0.5, 0.6) is 0 Å². The molecule has 1 N–H and O–H groups in total. The van der Waals surface area contributed by atoms with Gasteiger partial charge in [0.05, 0.1) is 28.8 Å². The van der Waals surface area contributed by atoms with Crippen LogP contribution < -0.4 is 5.43 Å². The molecule has 1 aromatic heterocycles. The third kappa shape index (κ3) is 3.55. The number of aromatic nitrogens is 2. The van der Waals surface area contributed by atoms with E-state index in [9.17, 15) is 0 Å². The van der Waals surface area contributed by atoms with Crippen LogP contribution in [0.15, 0.2) is 59.7 Å². The van der Waals surface area contributed by atoms with Crippen LogP contribution in [0.25, 0.3) is 5.69 Å². The Kier molecular flexibility index (Phi) is 4.65. The third-order valence-corrected chi connectivity index (χ3v) is 3.90. The molecule has 0 aliphatic heterocycles. The number of hydrazone groups is 1. The number of aryl methyl sites for hydroxylation is 1. The maximum absolute atomic E-state index is 6.43. The minimum absolute atomic E-state index is 0.523. The normalized spacial score (nSPS) is 11.1. The molecule has 3 aromatic rings. The van der Waals surface area contributed by atoms with E-state index in [1.165, 1.54) is 0 Å². The van der Waals surface area contributed by atoms with E-state index in [0.29, 0.717) is 10.2 Å². The summed E-state index contributed by atoms with van der Waals surface area (Å²) in [5, 5.41) is 9.89. The minimum Gasteiger partial charge on any atom is -0.279 e. The molecule has 0 spiro atoms. The molecule has 6 heteroatoms.